The molecule has 0 amide bonds. The third kappa shape index (κ3) is 4.93. The van der Waals surface area contributed by atoms with Crippen molar-refractivity contribution in [1.29, 1.82) is 0 Å². The van der Waals surface area contributed by atoms with E-state index in [9.17, 15) is 9.59 Å². The van der Waals surface area contributed by atoms with E-state index in [2.05, 4.69) is 0 Å². The largest absolute Gasteiger partial charge is 0.347 e. The van der Waals surface area contributed by atoms with E-state index in [4.69, 9.17) is 21.1 Å². The average molecular weight is 383 g/mol. The smallest absolute Gasteiger partial charge is 0.226 e. The number of hydrogen-bond acceptors (Lipinski definition) is 4. The normalized spacial score (nSPS) is 23.5. The third-order valence-corrected chi connectivity index (χ3v) is 4.94. The molecular formula is C21H31ClO4. The molecule has 2 fully saturated rings. The first-order valence-electron chi connectivity index (χ1n) is 9.53. The van der Waals surface area contributed by atoms with E-state index in [1.165, 1.54) is 0 Å². The topological polar surface area (TPSA) is 52.6 Å². The van der Waals surface area contributed by atoms with Crippen LogP contribution in [0.5, 0.6) is 0 Å². The molecule has 1 saturated carbocycles. The minimum absolute atomic E-state index is 0.0927. The molecule has 4 nitrogen and oxygen atoms in total. The molecule has 0 radical (unpaired) electrons. The van der Waals surface area contributed by atoms with E-state index in [1.54, 1.807) is 0 Å². The van der Waals surface area contributed by atoms with Gasteiger partial charge in [-0.25, -0.2) is 0 Å². The lowest BCUT2D eigenvalue weighted by molar-refractivity contribution is -0.187. The Bertz CT molecular complexity index is 608. The summed E-state index contributed by atoms with van der Waals surface area (Å²) < 4.78 is 11.3. The van der Waals surface area contributed by atoms with Gasteiger partial charge in [-0.05, 0) is 36.1 Å². The first-order valence-corrected chi connectivity index (χ1v) is 9.91. The molecule has 1 aromatic rings. The Morgan fingerprint density at radius 3 is 2.19 bits per heavy atom. The number of carbonyl (C=O) groups excluding carboxylic acids is 2. The van der Waals surface area contributed by atoms with Crippen molar-refractivity contribution in [2.24, 2.45) is 0 Å². The van der Waals surface area contributed by atoms with Gasteiger partial charge >= 0.3 is 0 Å². The van der Waals surface area contributed by atoms with Crippen molar-refractivity contribution in [3.8, 4) is 0 Å². The van der Waals surface area contributed by atoms with Gasteiger partial charge < -0.3 is 9.47 Å². The summed E-state index contributed by atoms with van der Waals surface area (Å²) in [5.74, 6) is -0.636. The summed E-state index contributed by atoms with van der Waals surface area (Å²) in [5.41, 5.74) is 1.09. The molecule has 1 unspecified atom stereocenters. The van der Waals surface area contributed by atoms with Crippen molar-refractivity contribution < 1.29 is 19.1 Å². The minimum Gasteiger partial charge on any atom is -0.347 e. The van der Waals surface area contributed by atoms with Crippen LogP contribution in [0.15, 0.2) is 24.3 Å². The van der Waals surface area contributed by atoms with Gasteiger partial charge in [0, 0.05) is 12.8 Å². The Hall–Kier alpha value is -1.23. The summed E-state index contributed by atoms with van der Waals surface area (Å²) >= 11 is 5.54. The summed E-state index contributed by atoms with van der Waals surface area (Å²) in [6.45, 7) is 11.0. The van der Waals surface area contributed by atoms with Gasteiger partial charge in [0.1, 0.15) is 5.78 Å². The van der Waals surface area contributed by atoms with Crippen LogP contribution in [0.2, 0.25) is 0 Å². The summed E-state index contributed by atoms with van der Waals surface area (Å²) in [6.07, 6.45) is 1.71. The lowest BCUT2D eigenvalue weighted by atomic mass is 9.67. The summed E-state index contributed by atoms with van der Waals surface area (Å²) in [7, 11) is 0. The molecule has 1 aromatic carbocycles. The molecule has 0 aromatic heterocycles. The maximum atomic E-state index is 12.8. The molecule has 1 aliphatic heterocycles. The van der Waals surface area contributed by atoms with Crippen LogP contribution in [0.4, 0.5) is 0 Å². The van der Waals surface area contributed by atoms with Crippen LogP contribution in [0.1, 0.15) is 65.0 Å². The van der Waals surface area contributed by atoms with Gasteiger partial charge in [0.05, 0.1) is 25.0 Å². The second-order valence-corrected chi connectivity index (χ2v) is 6.65. The van der Waals surface area contributed by atoms with E-state index in [-0.39, 0.29) is 18.6 Å². The summed E-state index contributed by atoms with van der Waals surface area (Å²) in [4.78, 5) is 24.1. The van der Waals surface area contributed by atoms with E-state index < -0.39 is 16.4 Å². The molecule has 26 heavy (non-hydrogen) atoms. The average Bonchev–Trinajstić information content (AvgIpc) is 3.10. The fourth-order valence-corrected chi connectivity index (χ4v) is 3.64. The molecule has 1 heterocycles. The van der Waals surface area contributed by atoms with Crippen molar-refractivity contribution in [2.75, 3.05) is 13.2 Å². The second-order valence-electron chi connectivity index (χ2n) is 6.23. The molecule has 5 heteroatoms. The highest BCUT2D eigenvalue weighted by Crippen LogP contribution is 2.44. The third-order valence-electron chi connectivity index (χ3n) is 4.81. The minimum atomic E-state index is -0.728. The van der Waals surface area contributed by atoms with Crippen LogP contribution in [-0.2, 0) is 30.9 Å². The Labute approximate surface area is 162 Å². The first kappa shape index (κ1) is 22.8. The standard InChI is InChI=1S/C17H19ClO4.2C2H6/c1-16(13-5-3-2-4-12(13)10-15(18)20)6-7-17(11-14(16)19)21-8-9-22-17;2*1-2/h2-5H,6-11H2,1H3;2*1-2H3. The van der Waals surface area contributed by atoms with Gasteiger partial charge in [-0.15, -0.1) is 0 Å². The zero-order valence-corrected chi connectivity index (χ0v) is 17.3. The Kier molecular flexibility index (Phi) is 8.94. The molecule has 1 spiro atoms. The van der Waals surface area contributed by atoms with Crippen LogP contribution >= 0.6 is 11.6 Å². The van der Waals surface area contributed by atoms with Crippen molar-refractivity contribution in [3.63, 3.8) is 0 Å². The zero-order chi connectivity index (χ0) is 19.8. The highest BCUT2D eigenvalue weighted by Gasteiger charge is 2.50. The highest BCUT2D eigenvalue weighted by atomic mass is 35.5. The molecule has 1 saturated heterocycles. The van der Waals surface area contributed by atoms with Gasteiger partial charge in [-0.3, -0.25) is 9.59 Å². The summed E-state index contributed by atoms with van der Waals surface area (Å²) in [6, 6.07) is 7.53. The number of carbonyl (C=O) groups is 2. The fraction of sp³-hybridized carbons (Fsp3) is 0.619. The summed E-state index contributed by atoms with van der Waals surface area (Å²) in [5, 5.41) is -0.418. The SMILES string of the molecule is CC.CC.CC1(c2ccccc2CC(=O)Cl)CCC2(CC1=O)OCCO2. The predicted molar refractivity (Wildman–Crippen MR) is 105 cm³/mol. The van der Waals surface area contributed by atoms with Crippen molar-refractivity contribution in [3.05, 3.63) is 35.4 Å². The van der Waals surface area contributed by atoms with Gasteiger partial charge in [0.25, 0.3) is 0 Å². The monoisotopic (exact) mass is 382 g/mol. The van der Waals surface area contributed by atoms with Crippen LogP contribution in [-0.4, -0.2) is 30.0 Å². The Morgan fingerprint density at radius 1 is 1.08 bits per heavy atom. The van der Waals surface area contributed by atoms with Gasteiger partial charge in [0.2, 0.25) is 5.24 Å². The van der Waals surface area contributed by atoms with Crippen molar-refractivity contribution in [1.82, 2.24) is 0 Å². The van der Waals surface area contributed by atoms with Crippen LogP contribution in [0, 0.1) is 0 Å². The Balaban J connectivity index is 0.000000791. The molecular weight excluding hydrogens is 352 g/mol. The van der Waals surface area contributed by atoms with E-state index >= 15 is 0 Å². The number of halogens is 1. The molecule has 0 bridgehead atoms. The van der Waals surface area contributed by atoms with E-state index in [0.29, 0.717) is 26.1 Å². The van der Waals surface area contributed by atoms with Gasteiger partial charge in [-0.1, -0.05) is 52.0 Å². The quantitative estimate of drug-likeness (QED) is 0.704. The fourth-order valence-electron chi connectivity index (χ4n) is 3.50. The molecule has 1 aliphatic carbocycles. The van der Waals surface area contributed by atoms with Gasteiger partial charge in [-0.2, -0.15) is 0 Å². The van der Waals surface area contributed by atoms with Gasteiger partial charge in [0.15, 0.2) is 5.79 Å². The van der Waals surface area contributed by atoms with Crippen LogP contribution in [0.25, 0.3) is 0 Å². The van der Waals surface area contributed by atoms with E-state index in [0.717, 1.165) is 11.1 Å². The number of ketones is 1. The molecule has 146 valence electrons. The van der Waals surface area contributed by atoms with Crippen molar-refractivity contribution in [2.45, 2.75) is 71.5 Å². The Morgan fingerprint density at radius 2 is 1.65 bits per heavy atom. The second kappa shape index (κ2) is 10.2. The van der Waals surface area contributed by atoms with Crippen LogP contribution in [0.3, 0.4) is 0 Å². The number of hydrogen-bond donors (Lipinski definition) is 0. The van der Waals surface area contributed by atoms with Crippen LogP contribution < -0.4 is 0 Å². The number of Topliss-reactive ketones (excluding diaryl/α,β-unsaturated/α-hetero) is 1. The number of ether oxygens (including phenoxy) is 2. The van der Waals surface area contributed by atoms with Crippen molar-refractivity contribution >= 4 is 22.6 Å². The lowest BCUT2D eigenvalue weighted by Crippen LogP contribution is -2.48. The van der Waals surface area contributed by atoms with E-state index in [1.807, 2.05) is 58.9 Å². The first-order chi connectivity index (χ1) is 12.5. The predicted octanol–water partition coefficient (Wildman–Crippen LogP) is 4.80. The molecule has 0 N–H and O–H groups in total. The molecule has 1 atom stereocenters. The highest BCUT2D eigenvalue weighted by molar-refractivity contribution is 6.63. The molecule has 2 aliphatic rings. The molecule has 3 rings (SSSR count). The zero-order valence-electron chi connectivity index (χ0n) is 16.6. The lowest BCUT2D eigenvalue weighted by Gasteiger charge is -2.41. The maximum absolute atomic E-state index is 12.8. The maximum Gasteiger partial charge on any atom is 0.226 e. The number of rotatable bonds is 3. The number of benzene rings is 1.